The van der Waals surface area contributed by atoms with Gasteiger partial charge in [0.1, 0.15) is 5.60 Å². The summed E-state index contributed by atoms with van der Waals surface area (Å²) in [6, 6.07) is 4.51. The van der Waals surface area contributed by atoms with Gasteiger partial charge in [-0.2, -0.15) is 0 Å². The molecule has 0 fully saturated rings. The summed E-state index contributed by atoms with van der Waals surface area (Å²) in [5.74, 6) is -1.00. The van der Waals surface area contributed by atoms with Crippen LogP contribution >= 0.6 is 11.8 Å². The molecule has 5 nitrogen and oxygen atoms in total. The Labute approximate surface area is 116 Å². The molecule has 1 aromatic carbocycles. The third kappa shape index (κ3) is 4.82. The van der Waals surface area contributed by atoms with Gasteiger partial charge in [0.2, 0.25) is 0 Å². The molecule has 0 aromatic heterocycles. The lowest BCUT2D eigenvalue weighted by atomic mass is 10.2. The van der Waals surface area contributed by atoms with Gasteiger partial charge >= 0.3 is 12.1 Å². The van der Waals surface area contributed by atoms with E-state index in [1.165, 1.54) is 23.9 Å². The van der Waals surface area contributed by atoms with Crippen LogP contribution in [-0.2, 0) is 4.74 Å². The molecule has 0 spiro atoms. The minimum atomic E-state index is -1.00. The summed E-state index contributed by atoms with van der Waals surface area (Å²) in [4.78, 5) is 23.2. The summed E-state index contributed by atoms with van der Waals surface area (Å²) in [7, 11) is 0. The molecule has 0 bridgehead atoms. The molecule has 0 aliphatic heterocycles. The summed E-state index contributed by atoms with van der Waals surface area (Å²) in [6.45, 7) is 5.32. The molecule has 0 aliphatic carbocycles. The largest absolute Gasteiger partial charge is 0.478 e. The SMILES string of the molecule is CSc1cc(C(=O)O)ccc1NC(=O)OC(C)(C)C. The zero-order chi connectivity index (χ0) is 14.6. The Kier molecular flexibility index (Phi) is 4.83. The fourth-order valence-corrected chi connectivity index (χ4v) is 1.92. The van der Waals surface area contributed by atoms with Crippen LogP contribution in [0.15, 0.2) is 23.1 Å². The number of hydrogen-bond acceptors (Lipinski definition) is 4. The Balaban J connectivity index is 2.89. The number of carbonyl (C=O) groups is 2. The van der Waals surface area contributed by atoms with Crippen molar-refractivity contribution in [1.82, 2.24) is 0 Å². The van der Waals surface area contributed by atoms with E-state index in [4.69, 9.17) is 9.84 Å². The highest BCUT2D eigenvalue weighted by Gasteiger charge is 2.17. The number of nitrogens with one attached hydrogen (secondary N) is 1. The van der Waals surface area contributed by atoms with Gasteiger partial charge in [0, 0.05) is 4.90 Å². The van der Waals surface area contributed by atoms with Gasteiger partial charge in [-0.05, 0) is 45.2 Å². The highest BCUT2D eigenvalue weighted by atomic mass is 32.2. The van der Waals surface area contributed by atoms with Crippen LogP contribution in [0.2, 0.25) is 0 Å². The van der Waals surface area contributed by atoms with Crippen molar-refractivity contribution in [2.24, 2.45) is 0 Å². The summed E-state index contributed by atoms with van der Waals surface area (Å²) < 4.78 is 5.14. The Hall–Kier alpha value is -1.69. The van der Waals surface area contributed by atoms with E-state index >= 15 is 0 Å². The van der Waals surface area contributed by atoms with Crippen LogP contribution in [0.3, 0.4) is 0 Å². The average molecular weight is 283 g/mol. The number of benzene rings is 1. The van der Waals surface area contributed by atoms with Gasteiger partial charge in [0.05, 0.1) is 11.3 Å². The maximum Gasteiger partial charge on any atom is 0.412 e. The molecule has 104 valence electrons. The van der Waals surface area contributed by atoms with Crippen molar-refractivity contribution < 1.29 is 19.4 Å². The molecule has 6 heteroatoms. The van der Waals surface area contributed by atoms with Crippen LogP contribution in [-0.4, -0.2) is 29.0 Å². The van der Waals surface area contributed by atoms with Crippen molar-refractivity contribution in [3.8, 4) is 0 Å². The van der Waals surface area contributed by atoms with E-state index in [0.29, 0.717) is 10.6 Å². The molecule has 0 unspecified atom stereocenters. The van der Waals surface area contributed by atoms with E-state index in [-0.39, 0.29) is 5.56 Å². The summed E-state index contributed by atoms with van der Waals surface area (Å²) in [6.07, 6.45) is 1.24. The van der Waals surface area contributed by atoms with Gasteiger partial charge in [0.15, 0.2) is 0 Å². The minimum absolute atomic E-state index is 0.180. The number of thioether (sulfide) groups is 1. The molecule has 0 saturated heterocycles. The standard InChI is InChI=1S/C13H17NO4S/c1-13(2,3)18-12(17)14-9-6-5-8(11(15)16)7-10(9)19-4/h5-7H,1-4H3,(H,14,17)(H,15,16). The number of amides is 1. The molecule has 2 N–H and O–H groups in total. The highest BCUT2D eigenvalue weighted by Crippen LogP contribution is 2.27. The second-order valence-electron chi connectivity index (χ2n) is 4.85. The van der Waals surface area contributed by atoms with Crippen molar-refractivity contribution in [3.05, 3.63) is 23.8 Å². The Morgan fingerprint density at radius 2 is 1.95 bits per heavy atom. The number of carbonyl (C=O) groups excluding carboxylic acids is 1. The lowest BCUT2D eigenvalue weighted by Crippen LogP contribution is -2.27. The molecule has 1 amide bonds. The van der Waals surface area contributed by atoms with Crippen molar-refractivity contribution >= 4 is 29.5 Å². The van der Waals surface area contributed by atoms with Gasteiger partial charge < -0.3 is 9.84 Å². The van der Waals surface area contributed by atoms with Gasteiger partial charge in [-0.15, -0.1) is 11.8 Å². The number of carboxylic acid groups (broad SMARTS) is 1. The zero-order valence-corrected chi connectivity index (χ0v) is 12.1. The molecule has 0 aliphatic rings. The lowest BCUT2D eigenvalue weighted by molar-refractivity contribution is 0.0634. The van der Waals surface area contributed by atoms with Gasteiger partial charge in [0.25, 0.3) is 0 Å². The van der Waals surface area contributed by atoms with Gasteiger partial charge in [-0.3, -0.25) is 5.32 Å². The quantitative estimate of drug-likeness (QED) is 0.831. The van der Waals surface area contributed by atoms with Crippen LogP contribution in [0.25, 0.3) is 0 Å². The molecule has 0 saturated carbocycles. The molecule has 1 aromatic rings. The first-order chi connectivity index (χ1) is 8.73. The van der Waals surface area contributed by atoms with Crippen LogP contribution in [0.1, 0.15) is 31.1 Å². The van der Waals surface area contributed by atoms with Crippen LogP contribution < -0.4 is 5.32 Å². The molecule has 19 heavy (non-hydrogen) atoms. The number of anilines is 1. The highest BCUT2D eigenvalue weighted by molar-refractivity contribution is 7.98. The van der Waals surface area contributed by atoms with E-state index in [1.54, 1.807) is 33.1 Å². The summed E-state index contributed by atoms with van der Waals surface area (Å²) in [5, 5.41) is 11.5. The molecule has 0 atom stereocenters. The first-order valence-corrected chi connectivity index (χ1v) is 6.87. The van der Waals surface area contributed by atoms with Gasteiger partial charge in [-0.1, -0.05) is 0 Å². The third-order valence-electron chi connectivity index (χ3n) is 2.08. The average Bonchev–Trinajstić information content (AvgIpc) is 2.26. The summed E-state index contributed by atoms with van der Waals surface area (Å²) >= 11 is 1.35. The Morgan fingerprint density at radius 3 is 2.42 bits per heavy atom. The predicted octanol–water partition coefficient (Wildman–Crippen LogP) is 3.45. The number of rotatable bonds is 3. The number of carboxylic acids is 1. The van der Waals surface area contributed by atoms with E-state index in [2.05, 4.69) is 5.32 Å². The minimum Gasteiger partial charge on any atom is -0.478 e. The molecular weight excluding hydrogens is 266 g/mol. The van der Waals surface area contributed by atoms with Crippen molar-refractivity contribution in [1.29, 1.82) is 0 Å². The monoisotopic (exact) mass is 283 g/mol. The normalized spacial score (nSPS) is 10.9. The molecule has 1 rings (SSSR count). The Bertz CT molecular complexity index is 494. The third-order valence-corrected chi connectivity index (χ3v) is 2.86. The lowest BCUT2D eigenvalue weighted by Gasteiger charge is -2.20. The number of hydrogen-bond donors (Lipinski definition) is 2. The topological polar surface area (TPSA) is 75.6 Å². The summed E-state index contributed by atoms with van der Waals surface area (Å²) in [5.41, 5.74) is 0.135. The fraction of sp³-hybridized carbons (Fsp3) is 0.385. The molecular formula is C13H17NO4S. The van der Waals surface area contributed by atoms with Crippen LogP contribution in [0, 0.1) is 0 Å². The second kappa shape index (κ2) is 5.97. The molecule has 0 radical (unpaired) electrons. The zero-order valence-electron chi connectivity index (χ0n) is 11.3. The van der Waals surface area contributed by atoms with Crippen LogP contribution in [0.4, 0.5) is 10.5 Å². The second-order valence-corrected chi connectivity index (χ2v) is 5.70. The number of aromatic carboxylic acids is 1. The Morgan fingerprint density at radius 1 is 1.32 bits per heavy atom. The fourth-order valence-electron chi connectivity index (χ4n) is 1.34. The first-order valence-electron chi connectivity index (χ1n) is 5.64. The van der Waals surface area contributed by atoms with E-state index < -0.39 is 17.7 Å². The van der Waals surface area contributed by atoms with Gasteiger partial charge in [-0.25, -0.2) is 9.59 Å². The van der Waals surface area contributed by atoms with Crippen molar-refractivity contribution in [2.75, 3.05) is 11.6 Å². The first kappa shape index (κ1) is 15.4. The van der Waals surface area contributed by atoms with E-state index in [9.17, 15) is 9.59 Å². The van der Waals surface area contributed by atoms with Crippen molar-refractivity contribution in [2.45, 2.75) is 31.3 Å². The number of ether oxygens (including phenoxy) is 1. The predicted molar refractivity (Wildman–Crippen MR) is 75.0 cm³/mol. The molecule has 0 heterocycles. The van der Waals surface area contributed by atoms with Crippen molar-refractivity contribution in [3.63, 3.8) is 0 Å². The maximum atomic E-state index is 11.7. The van der Waals surface area contributed by atoms with E-state index in [0.717, 1.165) is 0 Å². The van der Waals surface area contributed by atoms with Crippen LogP contribution in [0.5, 0.6) is 0 Å². The maximum absolute atomic E-state index is 11.7. The van der Waals surface area contributed by atoms with E-state index in [1.807, 2.05) is 0 Å². The smallest absolute Gasteiger partial charge is 0.412 e.